The van der Waals surface area contributed by atoms with Gasteiger partial charge in [-0.05, 0) is 32.1 Å². The van der Waals surface area contributed by atoms with Gasteiger partial charge in [-0.15, -0.1) is 0 Å². The summed E-state index contributed by atoms with van der Waals surface area (Å²) in [4.78, 5) is 22.0. The summed E-state index contributed by atoms with van der Waals surface area (Å²) >= 11 is 0. The van der Waals surface area contributed by atoms with Gasteiger partial charge in [0, 0.05) is 18.3 Å². The first-order valence-corrected chi connectivity index (χ1v) is 7.45. The molecule has 4 heteroatoms. The lowest BCUT2D eigenvalue weighted by Crippen LogP contribution is -2.30. The highest BCUT2D eigenvalue weighted by molar-refractivity contribution is 5.69. The van der Waals surface area contributed by atoms with E-state index in [1.54, 1.807) is 0 Å². The average Bonchev–Trinajstić information content (AvgIpc) is 2.42. The maximum absolute atomic E-state index is 11.6. The van der Waals surface area contributed by atoms with Crippen LogP contribution in [0, 0.1) is 5.41 Å². The van der Waals surface area contributed by atoms with Crippen LogP contribution in [-0.4, -0.2) is 23.7 Å². The van der Waals surface area contributed by atoms with Crippen molar-refractivity contribution >= 4 is 11.9 Å². The molecule has 110 valence electrons. The zero-order valence-corrected chi connectivity index (χ0v) is 12.0. The van der Waals surface area contributed by atoms with Gasteiger partial charge in [-0.3, -0.25) is 9.59 Å². The molecule has 0 aliphatic heterocycles. The highest BCUT2D eigenvalue weighted by atomic mass is 16.5. The van der Waals surface area contributed by atoms with Gasteiger partial charge in [-0.2, -0.15) is 0 Å². The third kappa shape index (κ3) is 6.08. The second-order valence-electron chi connectivity index (χ2n) is 5.68. The van der Waals surface area contributed by atoms with Gasteiger partial charge in [0.25, 0.3) is 0 Å². The fraction of sp³-hybridized carbons (Fsp3) is 0.867. The number of esters is 1. The second-order valence-corrected chi connectivity index (χ2v) is 5.68. The molecule has 0 heterocycles. The summed E-state index contributed by atoms with van der Waals surface area (Å²) in [6.45, 7) is 2.72. The topological polar surface area (TPSA) is 63.6 Å². The standard InChI is InChI=1S/C15H26O4/c1-2-15(10-6-3-7-11-15)12-19-14(18)9-5-4-8-13(16)17/h2-12H2,1H3,(H,16,17). The van der Waals surface area contributed by atoms with Crippen molar-refractivity contribution in [3.8, 4) is 0 Å². The van der Waals surface area contributed by atoms with Crippen LogP contribution in [0.2, 0.25) is 0 Å². The van der Waals surface area contributed by atoms with Gasteiger partial charge < -0.3 is 9.84 Å². The van der Waals surface area contributed by atoms with Gasteiger partial charge in [0.05, 0.1) is 6.61 Å². The van der Waals surface area contributed by atoms with E-state index in [1.807, 2.05) is 0 Å². The molecule has 0 aromatic heterocycles. The van der Waals surface area contributed by atoms with Crippen LogP contribution in [0.3, 0.4) is 0 Å². The number of carboxylic acids is 1. The minimum atomic E-state index is -0.805. The minimum absolute atomic E-state index is 0.131. The predicted molar refractivity (Wildman–Crippen MR) is 72.9 cm³/mol. The molecule has 0 unspecified atom stereocenters. The number of carbonyl (C=O) groups is 2. The van der Waals surface area contributed by atoms with E-state index in [0.29, 0.717) is 25.9 Å². The summed E-state index contributed by atoms with van der Waals surface area (Å²) in [5.74, 6) is -0.982. The van der Waals surface area contributed by atoms with E-state index in [1.165, 1.54) is 19.3 Å². The summed E-state index contributed by atoms with van der Waals surface area (Å²) in [5.41, 5.74) is 0.203. The Morgan fingerprint density at radius 3 is 2.32 bits per heavy atom. The van der Waals surface area contributed by atoms with Crippen LogP contribution in [0.25, 0.3) is 0 Å². The van der Waals surface area contributed by atoms with Crippen molar-refractivity contribution in [2.24, 2.45) is 5.41 Å². The number of carboxylic acid groups (broad SMARTS) is 1. The molecule has 0 aromatic rings. The number of unbranched alkanes of at least 4 members (excludes halogenated alkanes) is 1. The zero-order valence-electron chi connectivity index (χ0n) is 12.0. The summed E-state index contributed by atoms with van der Waals surface area (Å²) < 4.78 is 5.40. The van der Waals surface area contributed by atoms with E-state index in [9.17, 15) is 9.59 Å². The summed E-state index contributed by atoms with van der Waals surface area (Å²) in [6, 6.07) is 0. The summed E-state index contributed by atoms with van der Waals surface area (Å²) in [6.07, 6.45) is 8.79. The Kier molecular flexibility index (Phi) is 6.89. The molecular weight excluding hydrogens is 244 g/mol. The Morgan fingerprint density at radius 1 is 1.11 bits per heavy atom. The van der Waals surface area contributed by atoms with Crippen molar-refractivity contribution in [2.45, 2.75) is 71.1 Å². The molecule has 1 aliphatic rings. The van der Waals surface area contributed by atoms with Gasteiger partial charge >= 0.3 is 11.9 Å². The Morgan fingerprint density at radius 2 is 1.74 bits per heavy atom. The molecule has 0 amide bonds. The van der Waals surface area contributed by atoms with E-state index in [2.05, 4.69) is 6.92 Å². The Hall–Kier alpha value is -1.06. The van der Waals surface area contributed by atoms with Crippen LogP contribution >= 0.6 is 0 Å². The van der Waals surface area contributed by atoms with Crippen LogP contribution in [0.5, 0.6) is 0 Å². The molecule has 0 radical (unpaired) electrons. The van der Waals surface area contributed by atoms with Gasteiger partial charge in [0.2, 0.25) is 0 Å². The van der Waals surface area contributed by atoms with Gasteiger partial charge in [-0.1, -0.05) is 26.2 Å². The lowest BCUT2D eigenvalue weighted by molar-refractivity contribution is -0.148. The van der Waals surface area contributed by atoms with Gasteiger partial charge in [0.1, 0.15) is 0 Å². The lowest BCUT2D eigenvalue weighted by Gasteiger charge is -2.35. The average molecular weight is 270 g/mol. The molecule has 0 bridgehead atoms. The Balaban J connectivity index is 2.19. The first kappa shape index (κ1) is 16.0. The molecule has 1 fully saturated rings. The highest BCUT2D eigenvalue weighted by Crippen LogP contribution is 2.39. The monoisotopic (exact) mass is 270 g/mol. The fourth-order valence-corrected chi connectivity index (χ4v) is 2.75. The van der Waals surface area contributed by atoms with Crippen molar-refractivity contribution in [3.05, 3.63) is 0 Å². The maximum atomic E-state index is 11.6. The molecule has 4 nitrogen and oxygen atoms in total. The lowest BCUT2D eigenvalue weighted by atomic mass is 9.73. The number of aliphatic carboxylic acids is 1. The van der Waals surface area contributed by atoms with E-state index in [0.717, 1.165) is 19.3 Å². The number of hydrogen-bond donors (Lipinski definition) is 1. The quantitative estimate of drug-likeness (QED) is 0.541. The molecule has 1 N–H and O–H groups in total. The zero-order chi connectivity index (χ0) is 14.1. The second kappa shape index (κ2) is 8.18. The number of rotatable bonds is 8. The Bertz CT molecular complexity index is 293. The predicted octanol–water partition coefficient (Wildman–Crippen LogP) is 3.54. The fourth-order valence-electron chi connectivity index (χ4n) is 2.75. The van der Waals surface area contributed by atoms with E-state index in [4.69, 9.17) is 9.84 Å². The summed E-state index contributed by atoms with van der Waals surface area (Å²) in [5, 5.41) is 8.50. The first-order chi connectivity index (χ1) is 9.08. The number of ether oxygens (including phenoxy) is 1. The maximum Gasteiger partial charge on any atom is 0.305 e. The SMILES string of the molecule is CCC1(COC(=O)CCCCC(=O)O)CCCCC1. The smallest absolute Gasteiger partial charge is 0.305 e. The highest BCUT2D eigenvalue weighted by Gasteiger charge is 2.31. The summed E-state index contributed by atoms with van der Waals surface area (Å²) in [7, 11) is 0. The molecule has 0 spiro atoms. The van der Waals surface area contributed by atoms with Crippen molar-refractivity contribution in [3.63, 3.8) is 0 Å². The third-order valence-corrected chi connectivity index (χ3v) is 4.23. The van der Waals surface area contributed by atoms with Crippen LogP contribution in [0.15, 0.2) is 0 Å². The third-order valence-electron chi connectivity index (χ3n) is 4.23. The van der Waals surface area contributed by atoms with Crippen LogP contribution in [-0.2, 0) is 14.3 Å². The molecule has 0 saturated heterocycles. The van der Waals surface area contributed by atoms with Crippen LogP contribution in [0.4, 0.5) is 0 Å². The van der Waals surface area contributed by atoms with E-state index >= 15 is 0 Å². The molecular formula is C15H26O4. The van der Waals surface area contributed by atoms with Crippen molar-refractivity contribution in [1.82, 2.24) is 0 Å². The molecule has 0 atom stereocenters. The van der Waals surface area contributed by atoms with E-state index < -0.39 is 5.97 Å². The largest absolute Gasteiger partial charge is 0.481 e. The van der Waals surface area contributed by atoms with Crippen molar-refractivity contribution in [1.29, 1.82) is 0 Å². The molecule has 19 heavy (non-hydrogen) atoms. The van der Waals surface area contributed by atoms with Crippen molar-refractivity contribution < 1.29 is 19.4 Å². The minimum Gasteiger partial charge on any atom is -0.481 e. The molecule has 1 rings (SSSR count). The molecule has 1 aliphatic carbocycles. The first-order valence-electron chi connectivity index (χ1n) is 7.45. The molecule has 0 aromatic carbocycles. The Labute approximate surface area is 115 Å². The normalized spacial score (nSPS) is 17.9. The van der Waals surface area contributed by atoms with E-state index in [-0.39, 0.29) is 17.8 Å². The number of carbonyl (C=O) groups excluding carboxylic acids is 1. The number of hydrogen-bond acceptors (Lipinski definition) is 3. The van der Waals surface area contributed by atoms with Crippen LogP contribution < -0.4 is 0 Å². The molecule has 1 saturated carbocycles. The van der Waals surface area contributed by atoms with Gasteiger partial charge in [0.15, 0.2) is 0 Å². The van der Waals surface area contributed by atoms with Crippen molar-refractivity contribution in [2.75, 3.05) is 6.61 Å². The van der Waals surface area contributed by atoms with Gasteiger partial charge in [-0.25, -0.2) is 0 Å². The van der Waals surface area contributed by atoms with Crippen LogP contribution in [0.1, 0.15) is 71.1 Å².